The van der Waals surface area contributed by atoms with Crippen LogP contribution in [0.5, 0.6) is 0 Å². The molecule has 164 valence electrons. The Morgan fingerprint density at radius 1 is 0.909 bits per heavy atom. The molecule has 0 spiro atoms. The van der Waals surface area contributed by atoms with Gasteiger partial charge in [-0.2, -0.15) is 0 Å². The monoisotopic (exact) mass is 435 g/mol. The number of benzene rings is 3. The number of nitrogens with one attached hydrogen (secondary N) is 1. The molecule has 1 amide bonds. The number of ether oxygens (including phenoxy) is 1. The Morgan fingerprint density at radius 3 is 2.39 bits per heavy atom. The summed E-state index contributed by atoms with van der Waals surface area (Å²) in [6, 6.07) is 27.0. The number of carbonyl (C=O) groups excluding carboxylic acids is 1. The first-order valence-electron chi connectivity index (χ1n) is 11.5. The number of aromatic nitrogens is 1. The molecule has 4 aromatic rings. The van der Waals surface area contributed by atoms with E-state index in [-0.39, 0.29) is 18.1 Å². The fourth-order valence-corrected chi connectivity index (χ4v) is 5.23. The van der Waals surface area contributed by atoms with Gasteiger partial charge in [0.2, 0.25) is 0 Å². The second-order valence-corrected chi connectivity index (χ2v) is 8.67. The average molecular weight is 436 g/mol. The van der Waals surface area contributed by atoms with Crippen molar-refractivity contribution in [3.05, 3.63) is 102 Å². The van der Waals surface area contributed by atoms with Gasteiger partial charge in [-0.25, -0.2) is 4.79 Å². The molecule has 6 rings (SSSR count). The molecule has 1 N–H and O–H groups in total. The average Bonchev–Trinajstić information content (AvgIpc) is 3.21. The number of amides is 1. The van der Waals surface area contributed by atoms with Gasteiger partial charge in [0.25, 0.3) is 0 Å². The van der Waals surface area contributed by atoms with Gasteiger partial charge in [-0.3, -0.25) is 4.98 Å². The lowest BCUT2D eigenvalue weighted by Crippen LogP contribution is -2.48. The van der Waals surface area contributed by atoms with E-state index in [9.17, 15) is 4.79 Å². The van der Waals surface area contributed by atoms with Crippen molar-refractivity contribution in [1.82, 2.24) is 15.2 Å². The zero-order valence-electron chi connectivity index (χ0n) is 18.3. The smallest absolute Gasteiger partial charge is 0.409 e. The van der Waals surface area contributed by atoms with Gasteiger partial charge in [0.15, 0.2) is 0 Å². The lowest BCUT2D eigenvalue weighted by atomic mass is 9.98. The molecule has 2 aliphatic rings. The molecule has 1 saturated heterocycles. The van der Waals surface area contributed by atoms with Crippen LogP contribution in [0.3, 0.4) is 0 Å². The van der Waals surface area contributed by atoms with Crippen LogP contribution in [0.4, 0.5) is 4.79 Å². The predicted molar refractivity (Wildman–Crippen MR) is 129 cm³/mol. The van der Waals surface area contributed by atoms with Crippen LogP contribution in [0.1, 0.15) is 28.7 Å². The van der Waals surface area contributed by atoms with Gasteiger partial charge in [0.05, 0.1) is 11.6 Å². The third-order valence-corrected chi connectivity index (χ3v) is 6.83. The number of fused-ring (bicyclic) bond motifs is 4. The highest BCUT2D eigenvalue weighted by Crippen LogP contribution is 2.44. The molecule has 1 fully saturated rings. The predicted octanol–water partition coefficient (Wildman–Crippen LogP) is 5.13. The molecule has 3 aromatic carbocycles. The van der Waals surface area contributed by atoms with Crippen molar-refractivity contribution in [1.29, 1.82) is 0 Å². The van der Waals surface area contributed by atoms with Crippen LogP contribution < -0.4 is 5.32 Å². The fourth-order valence-electron chi connectivity index (χ4n) is 5.23. The third-order valence-electron chi connectivity index (χ3n) is 6.83. The molecule has 0 saturated carbocycles. The molecular formula is C28H25N3O2. The number of para-hydroxylation sites is 1. The summed E-state index contributed by atoms with van der Waals surface area (Å²) in [5, 5.41) is 4.68. The van der Waals surface area contributed by atoms with E-state index < -0.39 is 0 Å². The molecule has 33 heavy (non-hydrogen) atoms. The van der Waals surface area contributed by atoms with Crippen molar-refractivity contribution < 1.29 is 9.53 Å². The maximum Gasteiger partial charge on any atom is 0.409 e. The van der Waals surface area contributed by atoms with Gasteiger partial charge >= 0.3 is 6.09 Å². The standard InChI is InChI=1S/C28H25N3O2/c32-28(33-18-25-21-9-3-1-7-19(21)20-8-2-4-10-22(20)25)31-16-15-30-27(17-31)24-13-14-29-26-12-6-5-11-23(24)26/h1-14,25,27,30H,15-18H2. The lowest BCUT2D eigenvalue weighted by molar-refractivity contribution is 0.0884. The lowest BCUT2D eigenvalue weighted by Gasteiger charge is -2.34. The summed E-state index contributed by atoms with van der Waals surface area (Å²) in [7, 11) is 0. The maximum atomic E-state index is 13.1. The van der Waals surface area contributed by atoms with Crippen LogP contribution in [-0.4, -0.2) is 42.2 Å². The van der Waals surface area contributed by atoms with Crippen LogP contribution in [0.25, 0.3) is 22.0 Å². The Kier molecular flexibility index (Phi) is 5.04. The van der Waals surface area contributed by atoms with E-state index in [1.807, 2.05) is 35.4 Å². The summed E-state index contributed by atoms with van der Waals surface area (Å²) >= 11 is 0. The summed E-state index contributed by atoms with van der Waals surface area (Å²) in [5.74, 6) is 0.0733. The van der Waals surface area contributed by atoms with Crippen molar-refractivity contribution >= 4 is 17.0 Å². The molecular weight excluding hydrogens is 410 g/mol. The van der Waals surface area contributed by atoms with E-state index in [1.165, 1.54) is 22.3 Å². The number of hydrogen-bond donors (Lipinski definition) is 1. The van der Waals surface area contributed by atoms with E-state index in [1.54, 1.807) is 0 Å². The normalized spacial score (nSPS) is 17.6. The van der Waals surface area contributed by atoms with Gasteiger partial charge in [-0.1, -0.05) is 66.7 Å². The third kappa shape index (κ3) is 3.55. The highest BCUT2D eigenvalue weighted by atomic mass is 16.6. The molecule has 1 unspecified atom stereocenters. The van der Waals surface area contributed by atoms with Gasteiger partial charge in [0, 0.05) is 37.1 Å². The SMILES string of the molecule is O=C(OCC1c2ccccc2-c2ccccc21)N1CCNC(c2ccnc3ccccc23)C1. The number of rotatable bonds is 3. The zero-order valence-corrected chi connectivity index (χ0v) is 18.3. The zero-order chi connectivity index (χ0) is 22.2. The number of pyridine rings is 1. The topological polar surface area (TPSA) is 54.5 Å². The summed E-state index contributed by atoms with van der Waals surface area (Å²) in [4.78, 5) is 19.4. The quantitative estimate of drug-likeness (QED) is 0.485. The van der Waals surface area contributed by atoms with Gasteiger partial charge < -0.3 is 15.0 Å². The molecule has 1 aliphatic carbocycles. The first-order chi connectivity index (χ1) is 16.3. The van der Waals surface area contributed by atoms with Crippen LogP contribution >= 0.6 is 0 Å². The number of piperazine rings is 1. The second kappa shape index (κ2) is 8.34. The minimum atomic E-state index is -0.248. The minimum absolute atomic E-state index is 0.0483. The highest BCUT2D eigenvalue weighted by Gasteiger charge is 2.31. The largest absolute Gasteiger partial charge is 0.448 e. The molecule has 2 heterocycles. The van der Waals surface area contributed by atoms with E-state index >= 15 is 0 Å². The van der Waals surface area contributed by atoms with Crippen molar-refractivity contribution in [3.63, 3.8) is 0 Å². The number of carbonyl (C=O) groups is 1. The van der Waals surface area contributed by atoms with E-state index in [0.717, 1.165) is 23.0 Å². The van der Waals surface area contributed by atoms with Crippen molar-refractivity contribution in [2.24, 2.45) is 0 Å². The molecule has 0 bridgehead atoms. The van der Waals surface area contributed by atoms with E-state index in [4.69, 9.17) is 4.74 Å². The summed E-state index contributed by atoms with van der Waals surface area (Å²) < 4.78 is 5.90. The van der Waals surface area contributed by atoms with Crippen LogP contribution in [0, 0.1) is 0 Å². The van der Waals surface area contributed by atoms with Crippen LogP contribution in [0.15, 0.2) is 85.1 Å². The Hall–Kier alpha value is -3.70. The number of nitrogens with zero attached hydrogens (tertiary/aromatic N) is 2. The number of hydrogen-bond acceptors (Lipinski definition) is 4. The Balaban J connectivity index is 1.18. The summed E-state index contributed by atoms with van der Waals surface area (Å²) in [6.07, 6.45) is 1.59. The first kappa shape index (κ1) is 19.9. The second-order valence-electron chi connectivity index (χ2n) is 8.67. The van der Waals surface area contributed by atoms with E-state index in [2.05, 4.69) is 64.9 Å². The highest BCUT2D eigenvalue weighted by molar-refractivity contribution is 5.82. The van der Waals surface area contributed by atoms with Gasteiger partial charge in [-0.05, 0) is 39.9 Å². The maximum absolute atomic E-state index is 13.1. The van der Waals surface area contributed by atoms with Crippen molar-refractivity contribution in [2.45, 2.75) is 12.0 Å². The molecule has 1 aromatic heterocycles. The van der Waals surface area contributed by atoms with Crippen molar-refractivity contribution in [3.8, 4) is 11.1 Å². The minimum Gasteiger partial charge on any atom is -0.448 e. The van der Waals surface area contributed by atoms with Gasteiger partial charge in [0.1, 0.15) is 6.61 Å². The van der Waals surface area contributed by atoms with Gasteiger partial charge in [-0.15, -0.1) is 0 Å². The molecule has 5 nitrogen and oxygen atoms in total. The first-order valence-corrected chi connectivity index (χ1v) is 11.5. The molecule has 5 heteroatoms. The van der Waals surface area contributed by atoms with Crippen LogP contribution in [-0.2, 0) is 4.74 Å². The van der Waals surface area contributed by atoms with E-state index in [0.29, 0.717) is 19.7 Å². The summed E-state index contributed by atoms with van der Waals surface area (Å²) in [5.41, 5.74) is 7.06. The Bertz CT molecular complexity index is 1280. The Labute approximate surface area is 193 Å². The molecule has 1 aliphatic heterocycles. The Morgan fingerprint density at radius 2 is 1.61 bits per heavy atom. The molecule has 0 radical (unpaired) electrons. The molecule has 1 atom stereocenters. The van der Waals surface area contributed by atoms with Crippen LogP contribution in [0.2, 0.25) is 0 Å². The summed E-state index contributed by atoms with van der Waals surface area (Å²) in [6.45, 7) is 2.28. The van der Waals surface area contributed by atoms with Crippen molar-refractivity contribution in [2.75, 3.05) is 26.2 Å². The fraction of sp³-hybridized carbons (Fsp3) is 0.214.